The molecule has 0 radical (unpaired) electrons. The smallest absolute Gasteiger partial charge is 0.493 e. The molecule has 0 N–H and O–H groups in total. The van der Waals surface area contributed by atoms with E-state index in [1.54, 1.807) is 0 Å². The van der Waals surface area contributed by atoms with Crippen molar-refractivity contribution in [3.8, 4) is 5.75 Å². The second kappa shape index (κ2) is 8.14. The molecular formula is C12H14BF4KO2. The van der Waals surface area contributed by atoms with Crippen LogP contribution < -0.4 is 61.6 Å². The second-order valence-electron chi connectivity index (χ2n) is 4.62. The molecule has 0 aromatic heterocycles. The molecule has 1 heterocycles. The van der Waals surface area contributed by atoms with E-state index in [9.17, 15) is 17.3 Å². The minimum absolute atomic E-state index is 0. The van der Waals surface area contributed by atoms with Crippen molar-refractivity contribution in [3.05, 3.63) is 24.0 Å². The van der Waals surface area contributed by atoms with Crippen LogP contribution in [0.5, 0.6) is 5.75 Å². The molecule has 1 aromatic rings. The second-order valence-corrected chi connectivity index (χ2v) is 4.62. The monoisotopic (exact) mass is 316 g/mol. The molecule has 1 aliphatic rings. The fraction of sp³-hybridized carbons (Fsp3) is 0.500. The molecule has 0 amide bonds. The molecule has 2 nitrogen and oxygen atoms in total. The molecule has 1 saturated heterocycles. The van der Waals surface area contributed by atoms with Gasteiger partial charge in [-0.05, 0) is 24.8 Å². The Morgan fingerprint density at radius 3 is 2.40 bits per heavy atom. The molecule has 0 bridgehead atoms. The normalized spacial score (nSPS) is 16.6. The maximum absolute atomic E-state index is 13.3. The van der Waals surface area contributed by atoms with E-state index >= 15 is 0 Å². The van der Waals surface area contributed by atoms with Crippen LogP contribution in [-0.4, -0.2) is 26.8 Å². The summed E-state index contributed by atoms with van der Waals surface area (Å²) in [5, 5.41) is 0. The van der Waals surface area contributed by atoms with Crippen molar-refractivity contribution in [2.24, 2.45) is 5.92 Å². The van der Waals surface area contributed by atoms with Crippen LogP contribution in [0.4, 0.5) is 17.3 Å². The third-order valence-electron chi connectivity index (χ3n) is 3.15. The number of rotatable bonds is 4. The maximum Gasteiger partial charge on any atom is 1.00 e. The summed E-state index contributed by atoms with van der Waals surface area (Å²) in [6.07, 6.45) is 1.71. The van der Waals surface area contributed by atoms with Crippen LogP contribution >= 0.6 is 0 Å². The molecular weight excluding hydrogens is 302 g/mol. The first-order valence-corrected chi connectivity index (χ1v) is 6.17. The third kappa shape index (κ3) is 5.31. The summed E-state index contributed by atoms with van der Waals surface area (Å²) in [4.78, 5) is 0. The van der Waals surface area contributed by atoms with Crippen molar-refractivity contribution in [2.75, 3.05) is 19.8 Å². The maximum atomic E-state index is 13.3. The quantitative estimate of drug-likeness (QED) is 0.560. The van der Waals surface area contributed by atoms with Crippen LogP contribution in [0.3, 0.4) is 0 Å². The molecule has 0 saturated carbocycles. The molecule has 0 unspecified atom stereocenters. The number of benzene rings is 1. The first-order valence-electron chi connectivity index (χ1n) is 6.17. The summed E-state index contributed by atoms with van der Waals surface area (Å²) in [5.74, 6) is -0.840. The molecule has 20 heavy (non-hydrogen) atoms. The van der Waals surface area contributed by atoms with Crippen LogP contribution in [0.25, 0.3) is 0 Å². The van der Waals surface area contributed by atoms with E-state index in [0.717, 1.165) is 31.0 Å². The van der Waals surface area contributed by atoms with E-state index < -0.39 is 18.3 Å². The number of hydrogen-bond donors (Lipinski definition) is 0. The largest absolute Gasteiger partial charge is 1.00 e. The first kappa shape index (κ1) is 18.5. The summed E-state index contributed by atoms with van der Waals surface area (Å²) in [6.45, 7) is -3.62. The van der Waals surface area contributed by atoms with Crippen LogP contribution in [0.2, 0.25) is 0 Å². The summed E-state index contributed by atoms with van der Waals surface area (Å²) in [5.41, 5.74) is -1.21. The van der Waals surface area contributed by atoms with E-state index in [0.29, 0.717) is 25.7 Å². The summed E-state index contributed by atoms with van der Waals surface area (Å²) < 4.78 is 61.1. The van der Waals surface area contributed by atoms with Crippen LogP contribution in [-0.2, 0) is 4.74 Å². The first-order chi connectivity index (χ1) is 8.97. The van der Waals surface area contributed by atoms with Gasteiger partial charge in [-0.2, -0.15) is 0 Å². The van der Waals surface area contributed by atoms with Gasteiger partial charge in [-0.25, -0.2) is 4.39 Å². The molecule has 0 aliphatic carbocycles. The molecule has 0 spiro atoms. The fourth-order valence-electron chi connectivity index (χ4n) is 1.99. The van der Waals surface area contributed by atoms with Crippen molar-refractivity contribution in [3.63, 3.8) is 0 Å². The Balaban J connectivity index is 0.00000200. The van der Waals surface area contributed by atoms with Crippen LogP contribution in [0, 0.1) is 11.7 Å². The Kier molecular flexibility index (Phi) is 7.51. The number of ether oxygens (including phenoxy) is 2. The van der Waals surface area contributed by atoms with E-state index in [1.165, 1.54) is 0 Å². The molecule has 106 valence electrons. The van der Waals surface area contributed by atoms with Gasteiger partial charge in [-0.1, -0.05) is 11.5 Å². The Bertz CT molecular complexity index is 436. The van der Waals surface area contributed by atoms with E-state index in [1.807, 2.05) is 0 Å². The minimum atomic E-state index is -5.32. The van der Waals surface area contributed by atoms with E-state index in [-0.39, 0.29) is 57.1 Å². The number of halogens is 4. The van der Waals surface area contributed by atoms with Crippen molar-refractivity contribution in [1.29, 1.82) is 0 Å². The standard InChI is InChI=1S/C12H14BF4O2.K/c14-12-7-10(1-2-11(12)13(15,16)17)19-8-9-3-5-18-6-4-9;/h1-2,7,9H,3-6,8H2;/q-1;+1. The summed E-state index contributed by atoms with van der Waals surface area (Å²) in [6, 6.07) is 2.69. The van der Waals surface area contributed by atoms with Crippen molar-refractivity contribution in [2.45, 2.75) is 12.8 Å². The third-order valence-corrected chi connectivity index (χ3v) is 3.15. The van der Waals surface area contributed by atoms with Crippen LogP contribution in [0.1, 0.15) is 12.8 Å². The molecule has 2 rings (SSSR count). The molecule has 8 heteroatoms. The predicted molar refractivity (Wildman–Crippen MR) is 64.2 cm³/mol. The Morgan fingerprint density at radius 1 is 1.20 bits per heavy atom. The van der Waals surface area contributed by atoms with Crippen molar-refractivity contribution in [1.82, 2.24) is 0 Å². The van der Waals surface area contributed by atoms with Gasteiger partial charge in [0.1, 0.15) is 5.75 Å². The van der Waals surface area contributed by atoms with Gasteiger partial charge < -0.3 is 22.4 Å². The zero-order chi connectivity index (χ0) is 13.9. The zero-order valence-corrected chi connectivity index (χ0v) is 14.4. The van der Waals surface area contributed by atoms with Gasteiger partial charge in [-0.15, -0.1) is 0 Å². The van der Waals surface area contributed by atoms with Gasteiger partial charge >= 0.3 is 58.4 Å². The van der Waals surface area contributed by atoms with Gasteiger partial charge in [0, 0.05) is 19.3 Å². The molecule has 1 aliphatic heterocycles. The number of hydrogen-bond acceptors (Lipinski definition) is 2. The summed E-state index contributed by atoms with van der Waals surface area (Å²) >= 11 is 0. The Labute approximate surface area is 157 Å². The average Bonchev–Trinajstić information content (AvgIpc) is 2.36. The fourth-order valence-corrected chi connectivity index (χ4v) is 1.99. The van der Waals surface area contributed by atoms with Gasteiger partial charge in [-0.3, -0.25) is 0 Å². The Hall–Kier alpha value is 0.401. The molecule has 1 aromatic carbocycles. The van der Waals surface area contributed by atoms with Crippen molar-refractivity contribution < 1.29 is 78.2 Å². The van der Waals surface area contributed by atoms with Gasteiger partial charge in [0.25, 0.3) is 0 Å². The predicted octanol–water partition coefficient (Wildman–Crippen LogP) is -0.311. The van der Waals surface area contributed by atoms with Gasteiger partial charge in [0.2, 0.25) is 0 Å². The topological polar surface area (TPSA) is 18.5 Å². The molecule has 1 fully saturated rings. The van der Waals surface area contributed by atoms with Crippen LogP contribution in [0.15, 0.2) is 18.2 Å². The van der Waals surface area contributed by atoms with Gasteiger partial charge in [0.05, 0.1) is 12.4 Å². The molecule has 0 atom stereocenters. The average molecular weight is 316 g/mol. The summed E-state index contributed by atoms with van der Waals surface area (Å²) in [7, 11) is 0. The Morgan fingerprint density at radius 2 is 1.85 bits per heavy atom. The minimum Gasteiger partial charge on any atom is -0.493 e. The zero-order valence-electron chi connectivity index (χ0n) is 11.3. The van der Waals surface area contributed by atoms with Gasteiger partial charge in [0.15, 0.2) is 0 Å². The van der Waals surface area contributed by atoms with Crippen molar-refractivity contribution >= 4 is 12.4 Å². The SMILES string of the molecule is Fc1cc(OCC2CCOCC2)ccc1[B-](F)(F)F.[K+]. The van der Waals surface area contributed by atoms with E-state index in [4.69, 9.17) is 9.47 Å². The van der Waals surface area contributed by atoms with E-state index in [2.05, 4.69) is 0 Å².